The van der Waals surface area contributed by atoms with Gasteiger partial charge in [0, 0.05) is 12.8 Å². The van der Waals surface area contributed by atoms with E-state index in [1.807, 2.05) is 0 Å². The van der Waals surface area contributed by atoms with Crippen molar-refractivity contribution in [3.63, 3.8) is 0 Å². The molecule has 0 fully saturated rings. The molecule has 0 rings (SSSR count). The quantitative estimate of drug-likeness (QED) is 0.0681. The number of carbonyl (C=O) groups excluding carboxylic acids is 2. The molecule has 1 unspecified atom stereocenters. The van der Waals surface area contributed by atoms with E-state index in [1.54, 1.807) is 0 Å². The monoisotopic (exact) mass is 554 g/mol. The van der Waals surface area contributed by atoms with Crippen molar-refractivity contribution in [3.8, 4) is 0 Å². The van der Waals surface area contributed by atoms with Crippen LogP contribution in [0, 0.1) is 0 Å². The zero-order chi connectivity index (χ0) is 28.7. The predicted molar refractivity (Wildman–Crippen MR) is 164 cm³/mol. The molecule has 0 aliphatic heterocycles. The van der Waals surface area contributed by atoms with Gasteiger partial charge in [-0.2, -0.15) is 0 Å². The number of ether oxygens (including phenoxy) is 2. The van der Waals surface area contributed by atoms with Crippen molar-refractivity contribution < 1.29 is 24.2 Å². The first-order valence-corrected chi connectivity index (χ1v) is 17.1. The van der Waals surface area contributed by atoms with Crippen molar-refractivity contribution in [3.05, 3.63) is 0 Å². The van der Waals surface area contributed by atoms with E-state index < -0.39 is 6.10 Å². The molecule has 0 aromatic carbocycles. The molecule has 0 aliphatic rings. The molecule has 0 radical (unpaired) electrons. The molecular weight excluding hydrogens is 488 g/mol. The minimum absolute atomic E-state index is 0.0594. The van der Waals surface area contributed by atoms with E-state index >= 15 is 0 Å². The highest BCUT2D eigenvalue weighted by molar-refractivity contribution is 5.70. The molecular formula is C34H66O5. The first-order valence-electron chi connectivity index (χ1n) is 17.1. The SMILES string of the molecule is CCCCCCCCCCCCCCCCCCCCCC(=O)OC(CO)COC(=O)CCCCCCCC. The fraction of sp³-hybridized carbons (Fsp3) is 0.941. The van der Waals surface area contributed by atoms with E-state index in [-0.39, 0.29) is 25.2 Å². The van der Waals surface area contributed by atoms with Crippen LogP contribution in [0.15, 0.2) is 0 Å². The van der Waals surface area contributed by atoms with E-state index in [0.717, 1.165) is 38.5 Å². The van der Waals surface area contributed by atoms with Crippen molar-refractivity contribution in [2.24, 2.45) is 0 Å². The molecule has 0 spiro atoms. The number of aliphatic hydroxyl groups excluding tert-OH is 1. The van der Waals surface area contributed by atoms with Crippen molar-refractivity contribution in [1.29, 1.82) is 0 Å². The van der Waals surface area contributed by atoms with Crippen LogP contribution in [0.2, 0.25) is 0 Å². The maximum absolute atomic E-state index is 12.1. The van der Waals surface area contributed by atoms with E-state index in [9.17, 15) is 14.7 Å². The first-order chi connectivity index (χ1) is 19.1. The summed E-state index contributed by atoms with van der Waals surface area (Å²) in [4.78, 5) is 23.9. The van der Waals surface area contributed by atoms with Crippen LogP contribution in [0.1, 0.15) is 187 Å². The second-order valence-electron chi connectivity index (χ2n) is 11.6. The number of hydrogen-bond acceptors (Lipinski definition) is 5. The minimum Gasteiger partial charge on any atom is -0.462 e. The van der Waals surface area contributed by atoms with Gasteiger partial charge in [0.25, 0.3) is 0 Å². The van der Waals surface area contributed by atoms with Crippen molar-refractivity contribution in [2.75, 3.05) is 13.2 Å². The van der Waals surface area contributed by atoms with Crippen molar-refractivity contribution in [1.82, 2.24) is 0 Å². The summed E-state index contributed by atoms with van der Waals surface area (Å²) < 4.78 is 10.5. The van der Waals surface area contributed by atoms with Gasteiger partial charge >= 0.3 is 11.9 Å². The van der Waals surface area contributed by atoms with Gasteiger partial charge in [0.05, 0.1) is 6.61 Å². The van der Waals surface area contributed by atoms with Crippen molar-refractivity contribution >= 4 is 11.9 Å². The lowest BCUT2D eigenvalue weighted by Gasteiger charge is -2.15. The number of esters is 2. The van der Waals surface area contributed by atoms with E-state index in [2.05, 4.69) is 13.8 Å². The smallest absolute Gasteiger partial charge is 0.306 e. The van der Waals surface area contributed by atoms with Crippen LogP contribution in [0.3, 0.4) is 0 Å². The maximum atomic E-state index is 12.1. The summed E-state index contributed by atoms with van der Waals surface area (Å²) in [6.45, 7) is 4.08. The van der Waals surface area contributed by atoms with Crippen LogP contribution in [0.5, 0.6) is 0 Å². The largest absolute Gasteiger partial charge is 0.462 e. The topological polar surface area (TPSA) is 72.8 Å². The molecule has 1 N–H and O–H groups in total. The van der Waals surface area contributed by atoms with Gasteiger partial charge in [-0.15, -0.1) is 0 Å². The Morgan fingerprint density at radius 2 is 0.795 bits per heavy atom. The fourth-order valence-electron chi connectivity index (χ4n) is 5.02. The molecule has 232 valence electrons. The molecule has 5 nitrogen and oxygen atoms in total. The van der Waals surface area contributed by atoms with E-state index in [4.69, 9.17) is 9.47 Å². The molecule has 0 heterocycles. The highest BCUT2D eigenvalue weighted by Crippen LogP contribution is 2.15. The van der Waals surface area contributed by atoms with Gasteiger partial charge in [-0.1, -0.05) is 162 Å². The number of hydrogen-bond donors (Lipinski definition) is 1. The van der Waals surface area contributed by atoms with Crippen molar-refractivity contribution in [2.45, 2.75) is 193 Å². The molecule has 0 saturated heterocycles. The zero-order valence-corrected chi connectivity index (χ0v) is 26.2. The van der Waals surface area contributed by atoms with Crippen LogP contribution >= 0.6 is 0 Å². The second-order valence-corrected chi connectivity index (χ2v) is 11.6. The number of rotatable bonds is 31. The molecule has 0 aromatic rings. The summed E-state index contributed by atoms with van der Waals surface area (Å²) in [6, 6.07) is 0. The highest BCUT2D eigenvalue weighted by atomic mass is 16.6. The van der Waals surface area contributed by atoms with Crippen LogP contribution < -0.4 is 0 Å². The van der Waals surface area contributed by atoms with Gasteiger partial charge in [0.1, 0.15) is 6.61 Å². The lowest BCUT2D eigenvalue weighted by Crippen LogP contribution is -2.28. The Hall–Kier alpha value is -1.10. The third-order valence-corrected chi connectivity index (χ3v) is 7.65. The van der Waals surface area contributed by atoms with Gasteiger partial charge in [-0.05, 0) is 12.8 Å². The molecule has 0 aliphatic carbocycles. The Balaban J connectivity index is 3.45. The van der Waals surface area contributed by atoms with Gasteiger partial charge in [0.2, 0.25) is 0 Å². The minimum atomic E-state index is -0.758. The number of carbonyl (C=O) groups is 2. The Morgan fingerprint density at radius 3 is 1.13 bits per heavy atom. The van der Waals surface area contributed by atoms with Gasteiger partial charge in [-0.25, -0.2) is 0 Å². The third-order valence-electron chi connectivity index (χ3n) is 7.65. The standard InChI is InChI=1S/C34H66O5/c1-3-5-7-9-11-12-13-14-15-16-17-18-19-20-21-22-23-25-27-29-34(37)39-32(30-35)31-38-33(36)28-26-24-10-8-6-4-2/h32,35H,3-31H2,1-2H3. The Morgan fingerprint density at radius 1 is 0.487 bits per heavy atom. The summed E-state index contributed by atoms with van der Waals surface area (Å²) in [6.07, 6.45) is 31.8. The summed E-state index contributed by atoms with van der Waals surface area (Å²) >= 11 is 0. The van der Waals surface area contributed by atoms with Gasteiger partial charge in [0.15, 0.2) is 6.10 Å². The van der Waals surface area contributed by atoms with Gasteiger partial charge < -0.3 is 14.6 Å². The number of aliphatic hydroxyl groups is 1. The average molecular weight is 555 g/mol. The first kappa shape index (κ1) is 37.9. The van der Waals surface area contributed by atoms with E-state index in [1.165, 1.54) is 122 Å². The average Bonchev–Trinajstić information content (AvgIpc) is 2.94. The molecule has 39 heavy (non-hydrogen) atoms. The Labute approximate surface area is 242 Å². The second kappa shape index (κ2) is 31.4. The summed E-state index contributed by atoms with van der Waals surface area (Å²) in [7, 11) is 0. The number of unbranched alkanes of at least 4 members (excludes halogenated alkanes) is 23. The Bertz CT molecular complexity index is 522. The molecule has 1 atom stereocenters. The Kier molecular flexibility index (Phi) is 30.5. The van der Waals surface area contributed by atoms with Gasteiger partial charge in [-0.3, -0.25) is 9.59 Å². The third kappa shape index (κ3) is 29.7. The van der Waals surface area contributed by atoms with Crippen LogP contribution in [-0.2, 0) is 19.1 Å². The van der Waals surface area contributed by atoms with Crippen LogP contribution in [0.4, 0.5) is 0 Å². The molecule has 0 bridgehead atoms. The van der Waals surface area contributed by atoms with Crippen LogP contribution in [-0.4, -0.2) is 36.4 Å². The molecule has 0 saturated carbocycles. The molecule has 5 heteroatoms. The van der Waals surface area contributed by atoms with Crippen LogP contribution in [0.25, 0.3) is 0 Å². The molecule has 0 aromatic heterocycles. The maximum Gasteiger partial charge on any atom is 0.306 e. The summed E-state index contributed by atoms with van der Waals surface area (Å²) in [5.41, 5.74) is 0. The highest BCUT2D eigenvalue weighted by Gasteiger charge is 2.16. The summed E-state index contributed by atoms with van der Waals surface area (Å²) in [5.74, 6) is -0.591. The normalized spacial score (nSPS) is 12.0. The fourth-order valence-corrected chi connectivity index (χ4v) is 5.02. The lowest BCUT2D eigenvalue weighted by molar-refractivity contribution is -0.161. The summed E-state index contributed by atoms with van der Waals surface area (Å²) in [5, 5.41) is 9.45. The lowest BCUT2D eigenvalue weighted by atomic mass is 10.0. The van der Waals surface area contributed by atoms with E-state index in [0.29, 0.717) is 12.8 Å². The molecule has 0 amide bonds. The predicted octanol–water partition coefficient (Wildman–Crippen LogP) is 10.0. The zero-order valence-electron chi connectivity index (χ0n) is 26.2.